The van der Waals surface area contributed by atoms with Crippen LogP contribution in [0.15, 0.2) is 48.5 Å². The topological polar surface area (TPSA) is 26.3 Å². The number of carbonyl (C=O) groups is 1. The zero-order valence-corrected chi connectivity index (χ0v) is 11.4. The SMILES string of the molecule is COc1ccc(C(CC=O)c2ccc(Cl)cc2)cc1. The van der Waals surface area contributed by atoms with Gasteiger partial charge in [-0.15, -0.1) is 0 Å². The van der Waals surface area contributed by atoms with Crippen molar-refractivity contribution in [3.63, 3.8) is 0 Å². The van der Waals surface area contributed by atoms with E-state index in [2.05, 4.69) is 0 Å². The highest BCUT2D eigenvalue weighted by molar-refractivity contribution is 6.30. The fraction of sp³-hybridized carbons (Fsp3) is 0.188. The van der Waals surface area contributed by atoms with Gasteiger partial charge in [-0.1, -0.05) is 35.9 Å². The lowest BCUT2D eigenvalue weighted by atomic mass is 9.89. The summed E-state index contributed by atoms with van der Waals surface area (Å²) in [5, 5.41) is 0.698. The van der Waals surface area contributed by atoms with E-state index < -0.39 is 0 Å². The molecule has 1 unspecified atom stereocenters. The number of benzene rings is 2. The van der Waals surface area contributed by atoms with Crippen molar-refractivity contribution in [3.8, 4) is 5.75 Å². The maximum Gasteiger partial charge on any atom is 0.120 e. The van der Waals surface area contributed by atoms with E-state index >= 15 is 0 Å². The number of ether oxygens (including phenoxy) is 1. The van der Waals surface area contributed by atoms with Gasteiger partial charge >= 0.3 is 0 Å². The van der Waals surface area contributed by atoms with Crippen LogP contribution in [0.25, 0.3) is 0 Å². The predicted molar refractivity (Wildman–Crippen MR) is 77.0 cm³/mol. The molecule has 2 nitrogen and oxygen atoms in total. The van der Waals surface area contributed by atoms with Gasteiger partial charge in [-0.2, -0.15) is 0 Å². The van der Waals surface area contributed by atoms with Gasteiger partial charge in [0.25, 0.3) is 0 Å². The summed E-state index contributed by atoms with van der Waals surface area (Å²) >= 11 is 5.89. The highest BCUT2D eigenvalue weighted by Gasteiger charge is 2.13. The van der Waals surface area contributed by atoms with Gasteiger partial charge in [-0.05, 0) is 35.4 Å². The zero-order chi connectivity index (χ0) is 13.7. The minimum absolute atomic E-state index is 0.0562. The first kappa shape index (κ1) is 13.6. The Labute approximate surface area is 118 Å². The molecule has 0 radical (unpaired) electrons. The third-order valence-corrected chi connectivity index (χ3v) is 3.37. The molecule has 0 spiro atoms. The summed E-state index contributed by atoms with van der Waals surface area (Å²) in [7, 11) is 1.64. The molecule has 0 aliphatic carbocycles. The molecule has 0 aromatic heterocycles. The van der Waals surface area contributed by atoms with Crippen LogP contribution in [-0.4, -0.2) is 13.4 Å². The third kappa shape index (κ3) is 3.36. The van der Waals surface area contributed by atoms with E-state index in [1.165, 1.54) is 0 Å². The van der Waals surface area contributed by atoms with E-state index in [4.69, 9.17) is 16.3 Å². The van der Waals surface area contributed by atoms with E-state index in [0.717, 1.165) is 23.2 Å². The van der Waals surface area contributed by atoms with Crippen LogP contribution in [0.1, 0.15) is 23.5 Å². The fourth-order valence-corrected chi connectivity index (χ4v) is 2.22. The van der Waals surface area contributed by atoms with Gasteiger partial charge in [0, 0.05) is 17.4 Å². The van der Waals surface area contributed by atoms with Crippen LogP contribution in [0.4, 0.5) is 0 Å². The van der Waals surface area contributed by atoms with Gasteiger partial charge in [0.2, 0.25) is 0 Å². The van der Waals surface area contributed by atoms with Crippen LogP contribution in [0.3, 0.4) is 0 Å². The highest BCUT2D eigenvalue weighted by atomic mass is 35.5. The molecular weight excluding hydrogens is 260 g/mol. The van der Waals surface area contributed by atoms with E-state index in [1.54, 1.807) is 7.11 Å². The summed E-state index contributed by atoms with van der Waals surface area (Å²) in [6, 6.07) is 15.4. The molecule has 0 bridgehead atoms. The number of carbonyl (C=O) groups excluding carboxylic acids is 1. The standard InChI is InChI=1S/C16H15ClO2/c1-19-15-8-4-13(5-9-15)16(10-11-18)12-2-6-14(17)7-3-12/h2-9,11,16H,10H2,1H3. The van der Waals surface area contributed by atoms with Gasteiger partial charge < -0.3 is 9.53 Å². The summed E-state index contributed by atoms with van der Waals surface area (Å²) in [5.41, 5.74) is 2.18. The molecule has 2 rings (SSSR count). The largest absolute Gasteiger partial charge is 0.497 e. The molecule has 2 aromatic rings. The molecule has 1 atom stereocenters. The van der Waals surface area contributed by atoms with Gasteiger partial charge in [-0.3, -0.25) is 0 Å². The first-order valence-corrected chi connectivity index (χ1v) is 6.45. The second-order valence-electron chi connectivity index (χ2n) is 4.28. The van der Waals surface area contributed by atoms with Gasteiger partial charge in [0.05, 0.1) is 7.11 Å². The lowest BCUT2D eigenvalue weighted by Gasteiger charge is -2.16. The average Bonchev–Trinajstić information content (AvgIpc) is 2.46. The minimum Gasteiger partial charge on any atom is -0.497 e. The van der Waals surface area contributed by atoms with Crippen molar-refractivity contribution in [2.24, 2.45) is 0 Å². The van der Waals surface area contributed by atoms with Crippen molar-refractivity contribution in [1.82, 2.24) is 0 Å². The van der Waals surface area contributed by atoms with E-state index in [-0.39, 0.29) is 5.92 Å². The molecule has 0 N–H and O–H groups in total. The van der Waals surface area contributed by atoms with Crippen molar-refractivity contribution in [3.05, 3.63) is 64.7 Å². The summed E-state index contributed by atoms with van der Waals surface area (Å²) in [4.78, 5) is 10.9. The van der Waals surface area contributed by atoms with Crippen LogP contribution in [0.5, 0.6) is 5.75 Å². The van der Waals surface area contributed by atoms with Crippen LogP contribution >= 0.6 is 11.6 Å². The molecule has 0 aliphatic heterocycles. The van der Waals surface area contributed by atoms with Crippen molar-refractivity contribution in [2.75, 3.05) is 7.11 Å². The summed E-state index contributed by atoms with van der Waals surface area (Å²) in [6.45, 7) is 0. The Morgan fingerprint density at radius 2 is 1.58 bits per heavy atom. The monoisotopic (exact) mass is 274 g/mol. The Bertz CT molecular complexity index is 532. The van der Waals surface area contributed by atoms with Crippen LogP contribution in [-0.2, 0) is 4.79 Å². The molecule has 19 heavy (non-hydrogen) atoms. The van der Waals surface area contributed by atoms with E-state index in [1.807, 2.05) is 48.5 Å². The molecule has 0 fully saturated rings. The molecule has 0 amide bonds. The van der Waals surface area contributed by atoms with Gasteiger partial charge in [0.1, 0.15) is 12.0 Å². The average molecular weight is 275 g/mol. The number of methoxy groups -OCH3 is 1. The Kier molecular flexibility index (Phi) is 4.58. The molecule has 0 saturated heterocycles. The zero-order valence-electron chi connectivity index (χ0n) is 10.7. The Morgan fingerprint density at radius 3 is 2.05 bits per heavy atom. The number of halogens is 1. The van der Waals surface area contributed by atoms with Crippen molar-refractivity contribution >= 4 is 17.9 Å². The van der Waals surface area contributed by atoms with Crippen LogP contribution in [0, 0.1) is 0 Å². The first-order valence-electron chi connectivity index (χ1n) is 6.07. The maximum atomic E-state index is 10.9. The maximum absolute atomic E-state index is 10.9. The predicted octanol–water partition coefficient (Wildman–Crippen LogP) is 4.07. The van der Waals surface area contributed by atoms with Crippen molar-refractivity contribution < 1.29 is 9.53 Å². The molecule has 0 saturated carbocycles. The Balaban J connectivity index is 2.32. The number of hydrogen-bond acceptors (Lipinski definition) is 2. The normalized spacial score (nSPS) is 11.9. The quantitative estimate of drug-likeness (QED) is 0.768. The molecule has 0 heterocycles. The van der Waals surface area contributed by atoms with Crippen LogP contribution in [0.2, 0.25) is 5.02 Å². The van der Waals surface area contributed by atoms with Crippen molar-refractivity contribution in [1.29, 1.82) is 0 Å². The fourth-order valence-electron chi connectivity index (χ4n) is 2.09. The summed E-state index contributed by atoms with van der Waals surface area (Å²) < 4.78 is 5.14. The second kappa shape index (κ2) is 6.39. The Hall–Kier alpha value is -1.80. The van der Waals surface area contributed by atoms with Gasteiger partial charge in [0.15, 0.2) is 0 Å². The lowest BCUT2D eigenvalue weighted by Crippen LogP contribution is -2.02. The van der Waals surface area contributed by atoms with E-state index in [9.17, 15) is 4.79 Å². The third-order valence-electron chi connectivity index (χ3n) is 3.12. The summed E-state index contributed by atoms with van der Waals surface area (Å²) in [5.74, 6) is 0.866. The smallest absolute Gasteiger partial charge is 0.120 e. The molecule has 3 heteroatoms. The lowest BCUT2D eigenvalue weighted by molar-refractivity contribution is -0.108. The minimum atomic E-state index is 0.0562. The van der Waals surface area contributed by atoms with Gasteiger partial charge in [-0.25, -0.2) is 0 Å². The number of aldehydes is 1. The second-order valence-corrected chi connectivity index (χ2v) is 4.72. The number of rotatable bonds is 5. The molecule has 0 aliphatic rings. The molecule has 98 valence electrons. The Morgan fingerprint density at radius 1 is 1.05 bits per heavy atom. The summed E-state index contributed by atoms with van der Waals surface area (Å²) in [6.07, 6.45) is 1.40. The van der Waals surface area contributed by atoms with E-state index in [0.29, 0.717) is 11.4 Å². The van der Waals surface area contributed by atoms with Crippen LogP contribution < -0.4 is 4.74 Å². The molecular formula is C16H15ClO2. The van der Waals surface area contributed by atoms with Crippen molar-refractivity contribution in [2.45, 2.75) is 12.3 Å². The number of hydrogen-bond donors (Lipinski definition) is 0. The molecule has 2 aromatic carbocycles. The first-order chi connectivity index (χ1) is 9.24. The highest BCUT2D eigenvalue weighted by Crippen LogP contribution is 2.29.